The van der Waals surface area contributed by atoms with E-state index in [2.05, 4.69) is 16.3 Å². The highest BCUT2D eigenvalue weighted by molar-refractivity contribution is 5.96. The van der Waals surface area contributed by atoms with Crippen LogP contribution in [0.1, 0.15) is 47.4 Å². The summed E-state index contributed by atoms with van der Waals surface area (Å²) < 4.78 is 22.2. The number of piperidine rings is 1. The Labute approximate surface area is 203 Å². The van der Waals surface area contributed by atoms with Crippen molar-refractivity contribution in [2.24, 2.45) is 0 Å². The third-order valence-corrected chi connectivity index (χ3v) is 7.32. The quantitative estimate of drug-likeness (QED) is 0.560. The minimum atomic E-state index is -0.904. The van der Waals surface area contributed by atoms with Crippen LogP contribution < -0.4 is 14.8 Å². The van der Waals surface area contributed by atoms with E-state index in [4.69, 9.17) is 18.6 Å². The van der Waals surface area contributed by atoms with Gasteiger partial charge in [-0.1, -0.05) is 12.1 Å². The Morgan fingerprint density at radius 2 is 1.94 bits per heavy atom. The molecule has 1 atom stereocenters. The zero-order chi connectivity index (χ0) is 23.8. The first-order valence-corrected chi connectivity index (χ1v) is 12.3. The second-order valence-corrected chi connectivity index (χ2v) is 9.70. The molecule has 1 amide bonds. The maximum absolute atomic E-state index is 12.5. The van der Waals surface area contributed by atoms with Crippen LogP contribution in [0.3, 0.4) is 0 Å². The van der Waals surface area contributed by atoms with Gasteiger partial charge in [0.05, 0.1) is 11.7 Å². The Kier molecular flexibility index (Phi) is 5.88. The third-order valence-electron chi connectivity index (χ3n) is 7.32. The molecule has 2 saturated heterocycles. The van der Waals surface area contributed by atoms with Crippen molar-refractivity contribution < 1.29 is 28.5 Å². The number of rotatable bonds is 6. The van der Waals surface area contributed by atoms with Gasteiger partial charge in [-0.2, -0.15) is 0 Å². The van der Waals surface area contributed by atoms with Crippen LogP contribution in [0, 0.1) is 0 Å². The summed E-state index contributed by atoms with van der Waals surface area (Å²) in [5.74, 6) is 1.62. The summed E-state index contributed by atoms with van der Waals surface area (Å²) in [5.41, 5.74) is 1.77. The number of likely N-dealkylation sites (tertiary alicyclic amines) is 1. The molecule has 3 aliphatic rings. The number of furan rings is 1. The Morgan fingerprint density at radius 3 is 2.77 bits per heavy atom. The van der Waals surface area contributed by atoms with Gasteiger partial charge in [0.25, 0.3) is 5.91 Å². The molecule has 1 unspecified atom stereocenters. The van der Waals surface area contributed by atoms with Gasteiger partial charge in [0, 0.05) is 38.2 Å². The molecular weight excluding hydrogens is 448 g/mol. The fourth-order valence-electron chi connectivity index (χ4n) is 5.21. The fourth-order valence-corrected chi connectivity index (χ4v) is 5.21. The number of nitrogens with zero attached hydrogens (tertiary/aromatic N) is 1. The highest BCUT2D eigenvalue weighted by atomic mass is 16.7. The van der Waals surface area contributed by atoms with Gasteiger partial charge in [0.15, 0.2) is 17.3 Å². The van der Waals surface area contributed by atoms with Gasteiger partial charge in [0.2, 0.25) is 6.79 Å². The number of aliphatic hydroxyl groups is 1. The molecular formula is C27H30N2O6. The molecule has 184 valence electrons. The number of ether oxygens (including phenoxy) is 3. The molecule has 3 aliphatic heterocycles. The number of hydrogen-bond donors (Lipinski definition) is 2. The van der Waals surface area contributed by atoms with E-state index in [1.165, 1.54) is 5.56 Å². The van der Waals surface area contributed by atoms with E-state index in [0.29, 0.717) is 25.0 Å². The van der Waals surface area contributed by atoms with Gasteiger partial charge < -0.3 is 29.1 Å². The van der Waals surface area contributed by atoms with Gasteiger partial charge in [-0.25, -0.2) is 0 Å². The predicted molar refractivity (Wildman–Crippen MR) is 128 cm³/mol. The molecule has 8 heteroatoms. The summed E-state index contributed by atoms with van der Waals surface area (Å²) in [5, 5.41) is 15.2. The summed E-state index contributed by atoms with van der Waals surface area (Å²) in [7, 11) is 0. The molecule has 3 aromatic rings. The lowest BCUT2D eigenvalue weighted by Crippen LogP contribution is -2.42. The maximum atomic E-state index is 12.5. The van der Waals surface area contributed by atoms with Crippen LogP contribution in [0.5, 0.6) is 11.5 Å². The molecule has 0 radical (unpaired) electrons. The molecule has 2 N–H and O–H groups in total. The molecule has 0 aliphatic carbocycles. The summed E-state index contributed by atoms with van der Waals surface area (Å²) in [4.78, 5) is 14.9. The number of benzene rings is 2. The molecule has 0 bridgehead atoms. The van der Waals surface area contributed by atoms with E-state index >= 15 is 0 Å². The SMILES string of the molecule is O=C(NCC1CCCO1)c1cc2cc(C3(O)CCN(Cc4ccc5c(c4)OCO5)CC3)ccc2o1. The Bertz CT molecular complexity index is 1220. The van der Waals surface area contributed by atoms with Crippen LogP contribution in [0.4, 0.5) is 0 Å². The molecule has 35 heavy (non-hydrogen) atoms. The molecule has 0 saturated carbocycles. The molecule has 6 rings (SSSR count). The first kappa shape index (κ1) is 22.4. The largest absolute Gasteiger partial charge is 0.454 e. The number of carbonyl (C=O) groups excluding carboxylic acids is 1. The number of amides is 1. The number of nitrogens with one attached hydrogen (secondary N) is 1. The zero-order valence-electron chi connectivity index (χ0n) is 19.6. The van der Waals surface area contributed by atoms with Crippen molar-refractivity contribution in [2.75, 3.05) is 33.0 Å². The van der Waals surface area contributed by atoms with Crippen LogP contribution >= 0.6 is 0 Å². The van der Waals surface area contributed by atoms with Crippen LogP contribution in [0.2, 0.25) is 0 Å². The normalized spacial score (nSPS) is 21.5. The van der Waals surface area contributed by atoms with Crippen LogP contribution in [0.15, 0.2) is 46.9 Å². The summed E-state index contributed by atoms with van der Waals surface area (Å²) in [6.07, 6.45) is 3.36. The van der Waals surface area contributed by atoms with Crippen LogP contribution in [-0.2, 0) is 16.9 Å². The number of fused-ring (bicyclic) bond motifs is 2. The predicted octanol–water partition coefficient (Wildman–Crippen LogP) is 3.55. The Morgan fingerprint density at radius 1 is 1.09 bits per heavy atom. The maximum Gasteiger partial charge on any atom is 0.287 e. The van der Waals surface area contributed by atoms with Gasteiger partial charge >= 0.3 is 0 Å². The van der Waals surface area contributed by atoms with Gasteiger partial charge in [-0.05, 0) is 67.1 Å². The number of hydrogen-bond acceptors (Lipinski definition) is 7. The van der Waals surface area contributed by atoms with E-state index < -0.39 is 5.60 Å². The minimum absolute atomic E-state index is 0.0834. The molecule has 2 fully saturated rings. The highest BCUT2D eigenvalue weighted by Crippen LogP contribution is 2.37. The second kappa shape index (κ2) is 9.18. The lowest BCUT2D eigenvalue weighted by Gasteiger charge is -2.38. The van der Waals surface area contributed by atoms with Crippen molar-refractivity contribution in [1.82, 2.24) is 10.2 Å². The van der Waals surface area contributed by atoms with E-state index in [-0.39, 0.29) is 24.6 Å². The first-order chi connectivity index (χ1) is 17.1. The second-order valence-electron chi connectivity index (χ2n) is 9.70. The lowest BCUT2D eigenvalue weighted by atomic mass is 9.84. The van der Waals surface area contributed by atoms with E-state index in [1.807, 2.05) is 30.3 Å². The van der Waals surface area contributed by atoms with Crippen LogP contribution in [-0.4, -0.2) is 55.1 Å². The summed E-state index contributed by atoms with van der Waals surface area (Å²) >= 11 is 0. The van der Waals surface area contributed by atoms with Crippen molar-refractivity contribution in [3.8, 4) is 11.5 Å². The Balaban J connectivity index is 1.09. The van der Waals surface area contributed by atoms with Gasteiger partial charge in [-0.3, -0.25) is 9.69 Å². The monoisotopic (exact) mass is 478 g/mol. The summed E-state index contributed by atoms with van der Waals surface area (Å²) in [6, 6.07) is 13.5. The Hall–Kier alpha value is -3.07. The molecule has 2 aromatic carbocycles. The standard InChI is InChI=1S/C27H30N2O6/c30-26(28-15-21-2-1-11-32-21)25-14-19-13-20(4-6-22(19)35-25)27(31)7-9-29(10-8-27)16-18-3-5-23-24(12-18)34-17-33-23/h3-6,12-14,21,31H,1-2,7-11,15-17H2,(H,28,30). The molecule has 0 spiro atoms. The molecule has 8 nitrogen and oxygen atoms in total. The van der Waals surface area contributed by atoms with Crippen molar-refractivity contribution in [3.05, 3.63) is 59.4 Å². The van der Waals surface area contributed by atoms with E-state index in [1.54, 1.807) is 6.07 Å². The molecule has 4 heterocycles. The lowest BCUT2D eigenvalue weighted by molar-refractivity contribution is -0.0276. The van der Waals surface area contributed by atoms with Crippen molar-refractivity contribution in [3.63, 3.8) is 0 Å². The van der Waals surface area contributed by atoms with Crippen molar-refractivity contribution in [1.29, 1.82) is 0 Å². The fraction of sp³-hybridized carbons (Fsp3) is 0.444. The topological polar surface area (TPSA) is 93.4 Å². The minimum Gasteiger partial charge on any atom is -0.454 e. The van der Waals surface area contributed by atoms with E-state index in [9.17, 15) is 9.90 Å². The van der Waals surface area contributed by atoms with E-state index in [0.717, 1.165) is 61.5 Å². The van der Waals surface area contributed by atoms with Gasteiger partial charge in [0.1, 0.15) is 5.58 Å². The first-order valence-electron chi connectivity index (χ1n) is 12.3. The molecule has 1 aromatic heterocycles. The average Bonchev–Trinajstić information content (AvgIpc) is 3.64. The highest BCUT2D eigenvalue weighted by Gasteiger charge is 2.34. The smallest absolute Gasteiger partial charge is 0.287 e. The van der Waals surface area contributed by atoms with Crippen molar-refractivity contribution >= 4 is 16.9 Å². The third kappa shape index (κ3) is 4.61. The van der Waals surface area contributed by atoms with Gasteiger partial charge in [-0.15, -0.1) is 0 Å². The van der Waals surface area contributed by atoms with Crippen molar-refractivity contribution in [2.45, 2.75) is 43.9 Å². The summed E-state index contributed by atoms with van der Waals surface area (Å²) in [6.45, 7) is 3.89. The zero-order valence-corrected chi connectivity index (χ0v) is 19.6. The van der Waals surface area contributed by atoms with Crippen LogP contribution in [0.25, 0.3) is 11.0 Å². The number of carbonyl (C=O) groups is 1. The average molecular weight is 479 g/mol.